The second-order valence-electron chi connectivity index (χ2n) is 16.6. The summed E-state index contributed by atoms with van der Waals surface area (Å²) in [5.41, 5.74) is 16.8. The van der Waals surface area contributed by atoms with E-state index in [2.05, 4.69) is 201 Å². The van der Waals surface area contributed by atoms with Crippen molar-refractivity contribution in [3.05, 3.63) is 185 Å². The van der Waals surface area contributed by atoms with Crippen LogP contribution in [0.5, 0.6) is 0 Å². The van der Waals surface area contributed by atoms with Crippen LogP contribution in [0.1, 0.15) is 67.0 Å². The van der Waals surface area contributed by atoms with Gasteiger partial charge in [0.15, 0.2) is 0 Å². The van der Waals surface area contributed by atoms with Crippen molar-refractivity contribution in [3.63, 3.8) is 0 Å². The van der Waals surface area contributed by atoms with Crippen LogP contribution in [0.2, 0.25) is 19.6 Å². The zero-order valence-electron chi connectivity index (χ0n) is 34.6. The van der Waals surface area contributed by atoms with Crippen molar-refractivity contribution < 1.29 is 20.1 Å². The van der Waals surface area contributed by atoms with Gasteiger partial charge in [0.1, 0.15) is 0 Å². The normalized spacial score (nSPS) is 11.4. The largest absolute Gasteiger partial charge is 0.305 e. The Morgan fingerprint density at radius 3 is 1.80 bits per heavy atom. The summed E-state index contributed by atoms with van der Waals surface area (Å²) >= 11 is 0. The predicted molar refractivity (Wildman–Crippen MR) is 238 cm³/mol. The smallest absolute Gasteiger partial charge is 0.0799 e. The minimum Gasteiger partial charge on any atom is -0.305 e. The van der Waals surface area contributed by atoms with Crippen LogP contribution in [0.15, 0.2) is 140 Å². The Balaban J connectivity index is 0.000000214. The molecule has 0 amide bonds. The molecule has 0 aliphatic carbocycles. The van der Waals surface area contributed by atoms with Crippen LogP contribution < -0.4 is 5.19 Å². The van der Waals surface area contributed by atoms with E-state index in [1.807, 2.05) is 24.4 Å². The summed E-state index contributed by atoms with van der Waals surface area (Å²) < 4.78 is 0. The number of nitrogens with zero attached hydrogens (tertiary/aromatic N) is 2. The number of hydrogen-bond acceptors (Lipinski definition) is 2. The van der Waals surface area contributed by atoms with Gasteiger partial charge in [0.2, 0.25) is 0 Å². The van der Waals surface area contributed by atoms with Gasteiger partial charge in [0.25, 0.3) is 0 Å². The number of hydrogen-bond donors (Lipinski definition) is 0. The Hall–Kier alpha value is -4.73. The van der Waals surface area contributed by atoms with Gasteiger partial charge in [-0.25, -0.2) is 0 Å². The monoisotopic (exact) mass is 927 g/mol. The fourth-order valence-corrected chi connectivity index (χ4v) is 9.22. The molecule has 2 heterocycles. The van der Waals surface area contributed by atoms with Gasteiger partial charge in [0.05, 0.1) is 8.07 Å². The Kier molecular flexibility index (Phi) is 13.7. The summed E-state index contributed by atoms with van der Waals surface area (Å²) in [6.45, 7) is 22.8. The van der Waals surface area contributed by atoms with Crippen LogP contribution in [0, 0.1) is 32.9 Å². The van der Waals surface area contributed by atoms with Gasteiger partial charge >= 0.3 is 0 Å². The molecule has 5 aromatic carbocycles. The summed E-state index contributed by atoms with van der Waals surface area (Å²) in [5, 5.41) is 1.46. The maximum Gasteiger partial charge on any atom is 0.0799 e. The Morgan fingerprint density at radius 1 is 0.589 bits per heavy atom. The van der Waals surface area contributed by atoms with Crippen molar-refractivity contribution in [2.24, 2.45) is 0 Å². The molecule has 1 radical (unpaired) electrons. The number of pyridine rings is 2. The van der Waals surface area contributed by atoms with E-state index in [9.17, 15) is 0 Å². The fourth-order valence-electron chi connectivity index (χ4n) is 7.54. The molecule has 56 heavy (non-hydrogen) atoms. The molecule has 0 saturated heterocycles. The SMILES string of the molecule is CC(C)c1cc(-c2[c-]ccc(-c3ccccc3)c2)ncc1[Si](C)(C)C.Cc1cc(C)c(-c2ccnc(-c3[c-]ccc(C(C)(C)c4ccccc4)c3)c2)c(C)c1.[Ir]. The van der Waals surface area contributed by atoms with Crippen molar-refractivity contribution in [2.75, 3.05) is 0 Å². The maximum atomic E-state index is 4.80. The van der Waals surface area contributed by atoms with Crippen molar-refractivity contribution in [1.29, 1.82) is 0 Å². The summed E-state index contributed by atoms with van der Waals surface area (Å²) in [5.74, 6) is 0.501. The Morgan fingerprint density at radius 2 is 1.18 bits per heavy atom. The summed E-state index contributed by atoms with van der Waals surface area (Å²) in [6, 6.07) is 51.7. The molecular formula is C52H54IrN2Si-2. The van der Waals surface area contributed by atoms with E-state index in [0.717, 1.165) is 22.5 Å². The molecule has 0 aliphatic heterocycles. The van der Waals surface area contributed by atoms with Gasteiger partial charge in [0, 0.05) is 32.5 Å². The molecule has 0 saturated carbocycles. The van der Waals surface area contributed by atoms with E-state index in [1.165, 1.54) is 60.8 Å². The van der Waals surface area contributed by atoms with E-state index in [1.54, 1.807) is 0 Å². The fraction of sp³-hybridized carbons (Fsp3) is 0.231. The maximum absolute atomic E-state index is 4.80. The first-order valence-corrected chi connectivity index (χ1v) is 22.9. The average Bonchev–Trinajstić information content (AvgIpc) is 3.18. The molecule has 0 unspecified atom stereocenters. The topological polar surface area (TPSA) is 25.8 Å². The van der Waals surface area contributed by atoms with Gasteiger partial charge in [-0.15, -0.1) is 70.8 Å². The van der Waals surface area contributed by atoms with E-state index < -0.39 is 8.07 Å². The quantitative estimate of drug-likeness (QED) is 0.112. The molecule has 0 fully saturated rings. The first kappa shape index (κ1) is 42.4. The molecule has 0 atom stereocenters. The minimum absolute atomic E-state index is 0. The molecular weight excluding hydrogens is 873 g/mol. The molecule has 0 aliphatic rings. The van der Waals surface area contributed by atoms with Crippen LogP contribution >= 0.6 is 0 Å². The minimum atomic E-state index is -1.40. The molecule has 7 aromatic rings. The number of aromatic nitrogens is 2. The third-order valence-corrected chi connectivity index (χ3v) is 12.6. The van der Waals surface area contributed by atoms with Crippen molar-refractivity contribution >= 4 is 13.3 Å². The zero-order chi connectivity index (χ0) is 39.3. The van der Waals surface area contributed by atoms with Crippen molar-refractivity contribution in [3.8, 4) is 44.8 Å². The first-order chi connectivity index (χ1) is 26.2. The van der Waals surface area contributed by atoms with E-state index in [-0.39, 0.29) is 25.5 Å². The molecule has 4 heteroatoms. The molecule has 2 nitrogen and oxygen atoms in total. The predicted octanol–water partition coefficient (Wildman–Crippen LogP) is 13.3. The van der Waals surface area contributed by atoms with E-state index in [0.29, 0.717) is 5.92 Å². The van der Waals surface area contributed by atoms with E-state index in [4.69, 9.17) is 4.98 Å². The average molecular weight is 927 g/mol. The van der Waals surface area contributed by atoms with Crippen LogP contribution in [-0.4, -0.2) is 18.0 Å². The number of rotatable bonds is 8. The van der Waals surface area contributed by atoms with Crippen LogP contribution in [0.4, 0.5) is 0 Å². The van der Waals surface area contributed by atoms with Gasteiger partial charge < -0.3 is 9.97 Å². The number of benzene rings is 5. The molecule has 0 spiro atoms. The summed E-state index contributed by atoms with van der Waals surface area (Å²) in [7, 11) is -1.40. The van der Waals surface area contributed by atoms with Crippen LogP contribution in [0.3, 0.4) is 0 Å². The van der Waals surface area contributed by atoms with Gasteiger partial charge in [-0.05, 0) is 88.1 Å². The zero-order valence-corrected chi connectivity index (χ0v) is 38.0. The summed E-state index contributed by atoms with van der Waals surface area (Å²) in [6.07, 6.45) is 4.02. The second-order valence-corrected chi connectivity index (χ2v) is 21.6. The third kappa shape index (κ3) is 9.79. The molecule has 287 valence electrons. The first-order valence-electron chi connectivity index (χ1n) is 19.4. The Bertz CT molecular complexity index is 2370. The second kappa shape index (κ2) is 18.0. The van der Waals surface area contributed by atoms with Crippen molar-refractivity contribution in [1.82, 2.24) is 9.97 Å². The van der Waals surface area contributed by atoms with Crippen LogP contribution in [0.25, 0.3) is 44.8 Å². The molecule has 7 rings (SSSR count). The standard InChI is InChI=1S/C29H28N.C23H26NSi.Ir/c1-20-16-21(2)28(22(3)17-20)24-14-15-30-27(19-24)23-10-9-13-26(18-23)29(4,5)25-11-7-6-8-12-25;1-17(2)21-15-22(24-16-23(21)25(3,4)5)20-13-9-12-19(14-20)18-10-7-6-8-11-18;/h6-9,11-19H,1-5H3;6-12,14-17H,1-5H3;/q2*-1;. The number of aryl methyl sites for hydroxylation is 3. The molecule has 2 aromatic heterocycles. The van der Waals surface area contributed by atoms with Crippen molar-refractivity contribution in [2.45, 2.75) is 79.4 Å². The van der Waals surface area contributed by atoms with Crippen LogP contribution in [-0.2, 0) is 25.5 Å². The third-order valence-electron chi connectivity index (χ3n) is 10.6. The van der Waals surface area contributed by atoms with Gasteiger partial charge in [-0.1, -0.05) is 143 Å². The van der Waals surface area contributed by atoms with Gasteiger partial charge in [-0.2, -0.15) is 0 Å². The summed E-state index contributed by atoms with van der Waals surface area (Å²) in [4.78, 5) is 9.47. The van der Waals surface area contributed by atoms with E-state index >= 15 is 0 Å². The molecule has 0 N–H and O–H groups in total. The van der Waals surface area contributed by atoms with Gasteiger partial charge in [-0.3, -0.25) is 0 Å². The molecule has 0 bridgehead atoms. The Labute approximate surface area is 350 Å².